The van der Waals surface area contributed by atoms with E-state index in [1.165, 1.54) is 12.8 Å². The number of hydrogen-bond donors (Lipinski definition) is 2. The van der Waals surface area contributed by atoms with Gasteiger partial charge in [-0.15, -0.1) is 0 Å². The normalized spacial score (nSPS) is 34.9. The molecule has 0 unspecified atom stereocenters. The molecule has 4 fully saturated rings. The molecule has 3 aliphatic heterocycles. The van der Waals surface area contributed by atoms with Crippen LogP contribution < -0.4 is 10.6 Å². The van der Waals surface area contributed by atoms with E-state index >= 15 is 0 Å². The molecule has 8 heteroatoms. The highest BCUT2D eigenvalue weighted by Crippen LogP contribution is 2.60. The molecule has 1 spiro atoms. The van der Waals surface area contributed by atoms with E-state index in [1.807, 2.05) is 31.2 Å². The molecule has 38 heavy (non-hydrogen) atoms. The van der Waals surface area contributed by atoms with Crippen LogP contribution in [0.4, 0.5) is 0 Å². The third-order valence-electron chi connectivity index (χ3n) is 9.50. The lowest BCUT2D eigenvalue weighted by Crippen LogP contribution is -2.56. The van der Waals surface area contributed by atoms with Gasteiger partial charge in [-0.3, -0.25) is 14.4 Å². The van der Waals surface area contributed by atoms with Crippen molar-refractivity contribution in [3.63, 3.8) is 0 Å². The molecule has 2 bridgehead atoms. The molecule has 0 radical (unpaired) electrons. The maximum Gasteiger partial charge on any atom is 0.246 e. The number of ether oxygens (including phenoxy) is 1. The van der Waals surface area contributed by atoms with Crippen LogP contribution in [-0.2, 0) is 25.7 Å². The van der Waals surface area contributed by atoms with Gasteiger partial charge in [0.1, 0.15) is 11.6 Å². The summed E-state index contributed by atoms with van der Waals surface area (Å²) < 4.78 is 6.66. The van der Waals surface area contributed by atoms with Crippen LogP contribution in [0.5, 0.6) is 0 Å². The van der Waals surface area contributed by atoms with Gasteiger partial charge in [0.2, 0.25) is 17.7 Å². The standard InChI is InChI=1S/C30H38ClN3O4/c1-29-16-17-30(38-29)24(23(29)26(35)32-21-8-4-2-5-9-21)28(37)34(18-19-12-14-20(31)15-13-19)25(30)27(36)33-22-10-6-3-7-11-22/h12-17,21-25H,2-11,18H2,1H3,(H,32,35)(H,33,36)/t23-,24-,25-,29-,30+/m0/s1. The maximum absolute atomic E-state index is 14.2. The SMILES string of the molecule is C[C@@]12C=C[C@@]3(O1)[C@H](C(=O)N(Cc1ccc(Cl)cc1)[C@H]3C(=O)NC1CCCCC1)[C@H]2C(=O)NC1CCCCC1. The van der Waals surface area contributed by atoms with Gasteiger partial charge in [0.25, 0.3) is 0 Å². The minimum atomic E-state index is -1.16. The van der Waals surface area contributed by atoms with Crippen molar-refractivity contribution in [3.8, 4) is 0 Å². The average molecular weight is 540 g/mol. The lowest BCUT2D eigenvalue weighted by molar-refractivity contribution is -0.146. The lowest BCUT2D eigenvalue weighted by Gasteiger charge is -2.34. The van der Waals surface area contributed by atoms with Crippen molar-refractivity contribution >= 4 is 29.3 Å². The molecule has 6 rings (SSSR count). The van der Waals surface area contributed by atoms with Gasteiger partial charge in [0.15, 0.2) is 0 Å². The largest absolute Gasteiger partial charge is 0.356 e. The predicted molar refractivity (Wildman–Crippen MR) is 144 cm³/mol. The number of likely N-dealkylation sites (tertiary alicyclic amines) is 1. The van der Waals surface area contributed by atoms with E-state index in [1.54, 1.807) is 17.0 Å². The quantitative estimate of drug-likeness (QED) is 0.528. The summed E-state index contributed by atoms with van der Waals surface area (Å²) in [4.78, 5) is 43.6. The zero-order valence-electron chi connectivity index (χ0n) is 22.1. The summed E-state index contributed by atoms with van der Waals surface area (Å²) in [6, 6.07) is 6.71. The van der Waals surface area contributed by atoms with Crippen molar-refractivity contribution in [1.82, 2.24) is 15.5 Å². The second-order valence-electron chi connectivity index (χ2n) is 12.1. The van der Waals surface area contributed by atoms with Crippen LogP contribution in [0.2, 0.25) is 5.02 Å². The molecule has 5 atom stereocenters. The van der Waals surface area contributed by atoms with Crippen molar-refractivity contribution < 1.29 is 19.1 Å². The molecule has 1 aromatic rings. The minimum absolute atomic E-state index is 0.0998. The highest BCUT2D eigenvalue weighted by Gasteiger charge is 2.76. The Bertz CT molecular complexity index is 1130. The first kappa shape index (κ1) is 25.9. The van der Waals surface area contributed by atoms with Crippen LogP contribution in [0.3, 0.4) is 0 Å². The Morgan fingerprint density at radius 3 is 2.11 bits per heavy atom. The van der Waals surface area contributed by atoms with Crippen molar-refractivity contribution in [2.24, 2.45) is 11.8 Å². The zero-order valence-corrected chi connectivity index (χ0v) is 22.8. The van der Waals surface area contributed by atoms with Crippen LogP contribution in [0.15, 0.2) is 36.4 Å². The van der Waals surface area contributed by atoms with Crippen LogP contribution >= 0.6 is 11.6 Å². The van der Waals surface area contributed by atoms with Gasteiger partial charge in [-0.25, -0.2) is 0 Å². The summed E-state index contributed by atoms with van der Waals surface area (Å²) in [6.07, 6.45) is 14.4. The van der Waals surface area contributed by atoms with Crippen molar-refractivity contribution in [2.75, 3.05) is 0 Å². The summed E-state index contributed by atoms with van der Waals surface area (Å²) in [7, 11) is 0. The molecule has 0 aromatic heterocycles. The molecule has 3 heterocycles. The molecule has 204 valence electrons. The van der Waals surface area contributed by atoms with Gasteiger partial charge >= 0.3 is 0 Å². The fraction of sp³-hybridized carbons (Fsp3) is 0.633. The first-order valence-electron chi connectivity index (χ1n) is 14.4. The minimum Gasteiger partial charge on any atom is -0.356 e. The predicted octanol–water partition coefficient (Wildman–Crippen LogP) is 4.28. The fourth-order valence-corrected chi connectivity index (χ4v) is 7.78. The highest BCUT2D eigenvalue weighted by molar-refractivity contribution is 6.30. The number of nitrogens with zero attached hydrogens (tertiary/aromatic N) is 1. The third-order valence-corrected chi connectivity index (χ3v) is 9.75. The monoisotopic (exact) mass is 539 g/mol. The van der Waals surface area contributed by atoms with E-state index in [2.05, 4.69) is 10.6 Å². The van der Waals surface area contributed by atoms with Gasteiger partial charge < -0.3 is 20.3 Å². The first-order valence-corrected chi connectivity index (χ1v) is 14.7. The number of carbonyl (C=O) groups excluding carboxylic acids is 3. The molecular formula is C30H38ClN3O4. The summed E-state index contributed by atoms with van der Waals surface area (Å²) in [5.41, 5.74) is -1.21. The van der Waals surface area contributed by atoms with Gasteiger partial charge in [-0.2, -0.15) is 0 Å². The van der Waals surface area contributed by atoms with Gasteiger partial charge in [-0.1, -0.05) is 74.4 Å². The van der Waals surface area contributed by atoms with E-state index in [0.717, 1.165) is 56.9 Å². The number of halogens is 1. The molecule has 3 amide bonds. The number of amides is 3. The number of fused-ring (bicyclic) bond motifs is 1. The summed E-state index contributed by atoms with van der Waals surface area (Å²) in [5, 5.41) is 7.10. The Morgan fingerprint density at radius 1 is 0.921 bits per heavy atom. The molecule has 2 saturated heterocycles. The van der Waals surface area contributed by atoms with Gasteiger partial charge in [0, 0.05) is 23.7 Å². The van der Waals surface area contributed by atoms with E-state index in [9.17, 15) is 14.4 Å². The van der Waals surface area contributed by atoms with Crippen molar-refractivity contribution in [1.29, 1.82) is 0 Å². The third kappa shape index (κ3) is 4.36. The van der Waals surface area contributed by atoms with E-state index in [4.69, 9.17) is 16.3 Å². The molecule has 2 aliphatic carbocycles. The van der Waals surface area contributed by atoms with Crippen molar-refractivity contribution in [3.05, 3.63) is 47.0 Å². The highest BCUT2D eigenvalue weighted by atomic mass is 35.5. The topological polar surface area (TPSA) is 87.7 Å². The van der Waals surface area contributed by atoms with Crippen LogP contribution in [0.1, 0.15) is 76.7 Å². The smallest absolute Gasteiger partial charge is 0.246 e. The molecule has 2 N–H and O–H groups in total. The Kier molecular flexibility index (Phi) is 6.79. The number of carbonyl (C=O) groups is 3. The zero-order chi connectivity index (χ0) is 26.5. The van der Waals surface area contributed by atoms with Crippen LogP contribution in [0.25, 0.3) is 0 Å². The molecule has 2 saturated carbocycles. The molecule has 7 nitrogen and oxygen atoms in total. The number of hydrogen-bond acceptors (Lipinski definition) is 4. The number of rotatable bonds is 6. The summed E-state index contributed by atoms with van der Waals surface area (Å²) in [5.74, 6) is -1.94. The van der Waals surface area contributed by atoms with Crippen LogP contribution in [0, 0.1) is 11.8 Å². The Balaban J connectivity index is 1.33. The Morgan fingerprint density at radius 2 is 1.50 bits per heavy atom. The summed E-state index contributed by atoms with van der Waals surface area (Å²) >= 11 is 6.10. The Labute approximate surface area is 229 Å². The molecular weight excluding hydrogens is 502 g/mol. The fourth-order valence-electron chi connectivity index (χ4n) is 7.65. The summed E-state index contributed by atoms with van der Waals surface area (Å²) in [6.45, 7) is 2.14. The second kappa shape index (κ2) is 9.98. The van der Waals surface area contributed by atoms with E-state index in [-0.39, 0.29) is 36.3 Å². The van der Waals surface area contributed by atoms with Crippen LogP contribution in [-0.4, -0.2) is 51.9 Å². The average Bonchev–Trinajstić information content (AvgIpc) is 3.47. The van der Waals surface area contributed by atoms with Gasteiger partial charge in [-0.05, 0) is 50.3 Å². The van der Waals surface area contributed by atoms with E-state index < -0.39 is 29.1 Å². The molecule has 1 aromatic carbocycles. The maximum atomic E-state index is 14.2. The number of nitrogens with one attached hydrogen (secondary N) is 2. The molecule has 5 aliphatic rings. The van der Waals surface area contributed by atoms with Crippen molar-refractivity contribution in [2.45, 2.75) is 107 Å². The van der Waals surface area contributed by atoms with E-state index in [0.29, 0.717) is 5.02 Å². The number of benzene rings is 1. The lowest BCUT2D eigenvalue weighted by atomic mass is 9.70. The Hall–Kier alpha value is -2.38. The second-order valence-corrected chi connectivity index (χ2v) is 12.5. The first-order chi connectivity index (χ1) is 18.3. The van der Waals surface area contributed by atoms with Gasteiger partial charge in [0.05, 0.1) is 17.4 Å².